The second-order valence-electron chi connectivity index (χ2n) is 5.14. The van der Waals surface area contributed by atoms with Crippen LogP contribution in [0.2, 0.25) is 0 Å². The van der Waals surface area contributed by atoms with Crippen LogP contribution >= 0.6 is 0 Å². The molecule has 1 aromatic carbocycles. The van der Waals surface area contributed by atoms with Gasteiger partial charge in [-0.3, -0.25) is 0 Å². The molecule has 4 N–H and O–H groups in total. The third-order valence-corrected chi connectivity index (χ3v) is 3.57. The fraction of sp³-hybridized carbons (Fsp3) is 0.235. The molecule has 0 radical (unpaired) electrons. The first-order valence-corrected chi connectivity index (χ1v) is 7.19. The Morgan fingerprint density at radius 1 is 1.41 bits per heavy atom. The highest BCUT2D eigenvalue weighted by Crippen LogP contribution is 2.22. The van der Waals surface area contributed by atoms with Crippen LogP contribution in [0.3, 0.4) is 0 Å². The van der Waals surface area contributed by atoms with E-state index in [1.54, 1.807) is 12.1 Å². The summed E-state index contributed by atoms with van der Waals surface area (Å²) in [7, 11) is 0. The minimum atomic E-state index is -0.247. The van der Waals surface area contributed by atoms with Crippen molar-refractivity contribution in [2.75, 3.05) is 0 Å². The van der Waals surface area contributed by atoms with E-state index in [9.17, 15) is 4.39 Å². The second-order valence-corrected chi connectivity index (χ2v) is 5.14. The van der Waals surface area contributed by atoms with Crippen molar-refractivity contribution in [3.05, 3.63) is 72.0 Å². The van der Waals surface area contributed by atoms with Gasteiger partial charge in [0.2, 0.25) is 0 Å². The maximum atomic E-state index is 13.1. The molecule has 1 heterocycles. The quantitative estimate of drug-likeness (QED) is 0.898. The lowest BCUT2D eigenvalue weighted by atomic mass is 10.0. The van der Waals surface area contributed by atoms with Gasteiger partial charge in [-0.25, -0.2) is 9.38 Å². The summed E-state index contributed by atoms with van der Waals surface area (Å²) in [5, 5.41) is 0. The van der Waals surface area contributed by atoms with E-state index in [0.717, 1.165) is 17.6 Å². The smallest absolute Gasteiger partial charge is 0.141 e. The van der Waals surface area contributed by atoms with E-state index in [1.165, 1.54) is 18.3 Å². The van der Waals surface area contributed by atoms with Crippen molar-refractivity contribution in [1.82, 2.24) is 4.90 Å². The molecule has 2 rings (SSSR count). The Balaban J connectivity index is 2.36. The van der Waals surface area contributed by atoms with Gasteiger partial charge >= 0.3 is 0 Å². The molecule has 0 aliphatic carbocycles. The minimum absolute atomic E-state index is 0.180. The largest absolute Gasteiger partial charge is 0.402 e. The first-order chi connectivity index (χ1) is 10.5. The SMILES string of the molecule is C=C1C=CC(CC)N(Cc2ccc(F)cc2)/C1=N/C(N)=C\N. The zero-order chi connectivity index (χ0) is 16.1. The predicted octanol–water partition coefficient (Wildman–Crippen LogP) is 2.65. The zero-order valence-corrected chi connectivity index (χ0v) is 12.7. The molecule has 0 saturated carbocycles. The lowest BCUT2D eigenvalue weighted by molar-refractivity contribution is 0.339. The van der Waals surface area contributed by atoms with Gasteiger partial charge in [-0.1, -0.05) is 37.8 Å². The molecular weight excluding hydrogens is 279 g/mol. The molecule has 1 atom stereocenters. The molecule has 0 fully saturated rings. The van der Waals surface area contributed by atoms with Crippen molar-refractivity contribution in [3.63, 3.8) is 0 Å². The van der Waals surface area contributed by atoms with E-state index in [0.29, 0.717) is 12.4 Å². The number of amidine groups is 1. The van der Waals surface area contributed by atoms with Crippen LogP contribution in [-0.4, -0.2) is 16.8 Å². The molecular formula is C17H21FN4. The summed E-state index contributed by atoms with van der Waals surface area (Å²) in [6.07, 6.45) is 6.21. The van der Waals surface area contributed by atoms with Crippen molar-refractivity contribution < 1.29 is 4.39 Å². The molecule has 0 bridgehead atoms. The molecule has 4 nitrogen and oxygen atoms in total. The number of aliphatic imine (C=N–C) groups is 1. The van der Waals surface area contributed by atoms with E-state index in [4.69, 9.17) is 11.5 Å². The Morgan fingerprint density at radius 3 is 2.68 bits per heavy atom. The fourth-order valence-electron chi connectivity index (χ4n) is 2.38. The Labute approximate surface area is 130 Å². The number of hydrogen-bond acceptors (Lipinski definition) is 3. The molecule has 1 aromatic rings. The molecule has 5 heteroatoms. The molecule has 0 amide bonds. The fourth-order valence-corrected chi connectivity index (χ4v) is 2.38. The van der Waals surface area contributed by atoms with Crippen LogP contribution in [0, 0.1) is 5.82 Å². The highest BCUT2D eigenvalue weighted by atomic mass is 19.1. The summed E-state index contributed by atoms with van der Waals surface area (Å²) >= 11 is 0. The van der Waals surface area contributed by atoms with Crippen LogP contribution in [0.25, 0.3) is 0 Å². The average Bonchev–Trinajstić information content (AvgIpc) is 2.52. The van der Waals surface area contributed by atoms with Gasteiger partial charge in [0.25, 0.3) is 0 Å². The highest BCUT2D eigenvalue weighted by Gasteiger charge is 2.24. The third-order valence-electron chi connectivity index (χ3n) is 3.57. The van der Waals surface area contributed by atoms with Crippen LogP contribution in [0.4, 0.5) is 4.39 Å². The van der Waals surface area contributed by atoms with Crippen molar-refractivity contribution in [2.45, 2.75) is 25.9 Å². The van der Waals surface area contributed by atoms with Gasteiger partial charge in [0.05, 0.1) is 0 Å². The Morgan fingerprint density at radius 2 is 2.09 bits per heavy atom. The Bertz CT molecular complexity index is 629. The lowest BCUT2D eigenvalue weighted by Gasteiger charge is -2.35. The van der Waals surface area contributed by atoms with Gasteiger partial charge in [-0.05, 0) is 24.1 Å². The van der Waals surface area contributed by atoms with E-state index < -0.39 is 0 Å². The van der Waals surface area contributed by atoms with Crippen molar-refractivity contribution in [2.24, 2.45) is 16.5 Å². The monoisotopic (exact) mass is 300 g/mol. The Kier molecular flexibility index (Phi) is 4.99. The topological polar surface area (TPSA) is 67.6 Å². The highest BCUT2D eigenvalue weighted by molar-refractivity contribution is 6.02. The number of rotatable bonds is 4. The third kappa shape index (κ3) is 3.55. The van der Waals surface area contributed by atoms with Crippen molar-refractivity contribution in [1.29, 1.82) is 0 Å². The molecule has 0 aromatic heterocycles. The van der Waals surface area contributed by atoms with Crippen molar-refractivity contribution >= 4 is 5.84 Å². The predicted molar refractivity (Wildman–Crippen MR) is 88.2 cm³/mol. The molecule has 1 aliphatic rings. The Hall–Kier alpha value is -2.56. The number of nitrogens with zero attached hydrogens (tertiary/aromatic N) is 2. The maximum absolute atomic E-state index is 13.1. The zero-order valence-electron chi connectivity index (χ0n) is 12.7. The summed E-state index contributed by atoms with van der Waals surface area (Å²) in [6.45, 7) is 6.71. The number of halogens is 1. The second kappa shape index (κ2) is 6.93. The molecule has 1 aliphatic heterocycles. The summed E-state index contributed by atoms with van der Waals surface area (Å²) in [6, 6.07) is 6.62. The summed E-state index contributed by atoms with van der Waals surface area (Å²) in [4.78, 5) is 6.46. The van der Waals surface area contributed by atoms with Crippen LogP contribution in [0.5, 0.6) is 0 Å². The molecule has 22 heavy (non-hydrogen) atoms. The summed E-state index contributed by atoms with van der Waals surface area (Å²) < 4.78 is 13.1. The van der Waals surface area contributed by atoms with Gasteiger partial charge in [-0.2, -0.15) is 0 Å². The number of benzene rings is 1. The average molecular weight is 300 g/mol. The van der Waals surface area contributed by atoms with Crippen LogP contribution < -0.4 is 11.5 Å². The van der Waals surface area contributed by atoms with Crippen LogP contribution in [0.1, 0.15) is 18.9 Å². The van der Waals surface area contributed by atoms with Gasteiger partial charge in [0, 0.05) is 24.4 Å². The van der Waals surface area contributed by atoms with Crippen molar-refractivity contribution in [3.8, 4) is 0 Å². The molecule has 0 spiro atoms. The maximum Gasteiger partial charge on any atom is 0.141 e. The summed E-state index contributed by atoms with van der Waals surface area (Å²) in [5.41, 5.74) is 12.9. The van der Waals surface area contributed by atoms with E-state index in [2.05, 4.69) is 29.5 Å². The van der Waals surface area contributed by atoms with Gasteiger partial charge in [0.1, 0.15) is 17.5 Å². The molecule has 1 unspecified atom stereocenters. The van der Waals surface area contributed by atoms with Gasteiger partial charge in [-0.15, -0.1) is 0 Å². The van der Waals surface area contributed by atoms with E-state index in [-0.39, 0.29) is 17.7 Å². The van der Waals surface area contributed by atoms with Crippen LogP contribution in [-0.2, 0) is 6.54 Å². The van der Waals surface area contributed by atoms with E-state index >= 15 is 0 Å². The lowest BCUT2D eigenvalue weighted by Crippen LogP contribution is -2.41. The number of hydrogen-bond donors (Lipinski definition) is 2. The van der Waals surface area contributed by atoms with Gasteiger partial charge < -0.3 is 16.4 Å². The van der Waals surface area contributed by atoms with Gasteiger partial charge in [0.15, 0.2) is 0 Å². The standard InChI is InChI=1S/C17H21FN4/c1-3-15-9-4-12(2)17(21-16(20)10-19)22(15)11-13-5-7-14(18)8-6-13/h4-10,15H,2-3,11,19-20H2,1H3/b16-10-,21-17+. The first kappa shape index (κ1) is 15.8. The summed E-state index contributed by atoms with van der Waals surface area (Å²) in [5.74, 6) is 0.686. The first-order valence-electron chi connectivity index (χ1n) is 7.19. The molecule has 116 valence electrons. The molecule has 0 saturated heterocycles. The number of nitrogens with two attached hydrogens (primary N) is 2. The normalized spacial score (nSPS) is 20.7. The minimum Gasteiger partial charge on any atom is -0.402 e. The van der Waals surface area contributed by atoms with Crippen LogP contribution in [0.15, 0.2) is 65.6 Å². The van der Waals surface area contributed by atoms with E-state index in [1.807, 2.05) is 6.08 Å².